The fourth-order valence-electron chi connectivity index (χ4n) is 4.34. The number of esters is 1. The van der Waals surface area contributed by atoms with E-state index >= 15 is 0 Å². The minimum atomic E-state index is -4.69. The highest BCUT2D eigenvalue weighted by atomic mass is 35.5. The third-order valence-corrected chi connectivity index (χ3v) is 8.45. The first kappa shape index (κ1) is 30.2. The molecule has 1 N–H and O–H groups in total. The van der Waals surface area contributed by atoms with Gasteiger partial charge in [0.15, 0.2) is 0 Å². The zero-order valence-corrected chi connectivity index (χ0v) is 23.6. The van der Waals surface area contributed by atoms with Crippen molar-refractivity contribution >= 4 is 39.2 Å². The van der Waals surface area contributed by atoms with Crippen molar-refractivity contribution in [3.05, 3.63) is 87.9 Å². The van der Waals surface area contributed by atoms with Gasteiger partial charge in [-0.1, -0.05) is 23.7 Å². The number of nitrogens with one attached hydrogen (secondary N) is 1. The molecule has 3 aromatic carbocycles. The molecule has 0 unspecified atom stereocenters. The lowest BCUT2D eigenvalue weighted by atomic mass is 10.00. The average Bonchev–Trinajstić information content (AvgIpc) is 2.91. The number of amides is 1. The van der Waals surface area contributed by atoms with Crippen LogP contribution >= 0.6 is 11.6 Å². The lowest BCUT2D eigenvalue weighted by molar-refractivity contribution is -0.143. The number of hydrogen-bond donors (Lipinski definition) is 1. The second-order valence-corrected chi connectivity index (χ2v) is 11.5. The van der Waals surface area contributed by atoms with Crippen LogP contribution in [0.15, 0.2) is 65.6 Å². The molecule has 0 aliphatic carbocycles. The van der Waals surface area contributed by atoms with Gasteiger partial charge in [0.2, 0.25) is 0 Å². The molecule has 1 atom stereocenters. The largest absolute Gasteiger partial charge is 0.489 e. The van der Waals surface area contributed by atoms with Crippen molar-refractivity contribution in [2.24, 2.45) is 0 Å². The third-order valence-electron chi connectivity index (χ3n) is 6.30. The van der Waals surface area contributed by atoms with Crippen molar-refractivity contribution in [1.29, 1.82) is 0 Å². The number of carbonyl (C=O) groups is 2. The summed E-state index contributed by atoms with van der Waals surface area (Å²) in [5.74, 6) is -1.32. The standard InChI is InChI=1S/C28H26ClF3N2O6S/c1-3-39-26(35)16-23(21-15-19(28(30,31)32)8-9-22(21)29)33-27(36)18-7-10-25-24(14-18)34(11-12-40-25)41(37,38)20-6-4-5-17(2)13-20/h4-10,13-15,23H,3,11-12,16H2,1-2H3,(H,33,36)/t23-/m0/s1. The van der Waals surface area contributed by atoms with Crippen LogP contribution in [0, 0.1) is 6.92 Å². The van der Waals surface area contributed by atoms with Crippen LogP contribution < -0.4 is 14.4 Å². The predicted octanol–water partition coefficient (Wildman–Crippen LogP) is 5.68. The first-order chi connectivity index (χ1) is 19.3. The molecule has 0 saturated heterocycles. The molecule has 0 saturated carbocycles. The van der Waals surface area contributed by atoms with Gasteiger partial charge in [-0.3, -0.25) is 13.9 Å². The minimum Gasteiger partial charge on any atom is -0.489 e. The Morgan fingerprint density at radius 1 is 1.12 bits per heavy atom. The summed E-state index contributed by atoms with van der Waals surface area (Å²) in [6, 6.07) is 11.8. The SMILES string of the molecule is CCOC(=O)C[C@H](NC(=O)c1ccc2c(c1)N(S(=O)(=O)c1cccc(C)c1)CCO2)c1cc(C(F)(F)F)ccc1Cl. The van der Waals surface area contributed by atoms with Crippen LogP contribution in [0.5, 0.6) is 5.75 Å². The summed E-state index contributed by atoms with van der Waals surface area (Å²) in [7, 11) is -4.02. The molecular weight excluding hydrogens is 585 g/mol. The number of benzene rings is 3. The summed E-state index contributed by atoms with van der Waals surface area (Å²) in [5.41, 5.74) is -0.301. The van der Waals surface area contributed by atoms with Crippen LogP contribution in [0.25, 0.3) is 0 Å². The highest BCUT2D eigenvalue weighted by Crippen LogP contribution is 2.37. The number of hydrogen-bond acceptors (Lipinski definition) is 6. The molecule has 1 aliphatic rings. The molecule has 3 aromatic rings. The molecule has 0 fully saturated rings. The van der Waals surface area contributed by atoms with Crippen LogP contribution in [0.3, 0.4) is 0 Å². The Morgan fingerprint density at radius 2 is 1.88 bits per heavy atom. The number of fused-ring (bicyclic) bond motifs is 1. The van der Waals surface area contributed by atoms with Gasteiger partial charge in [-0.05, 0) is 73.5 Å². The van der Waals surface area contributed by atoms with Gasteiger partial charge in [0.25, 0.3) is 15.9 Å². The number of anilines is 1. The van der Waals surface area contributed by atoms with Crippen molar-refractivity contribution in [3.63, 3.8) is 0 Å². The number of ether oxygens (including phenoxy) is 2. The monoisotopic (exact) mass is 610 g/mol. The zero-order chi connectivity index (χ0) is 29.9. The second kappa shape index (κ2) is 12.0. The molecule has 0 spiro atoms. The molecule has 0 bridgehead atoms. The van der Waals surface area contributed by atoms with Gasteiger partial charge in [-0.25, -0.2) is 8.42 Å². The number of rotatable bonds is 8. The van der Waals surface area contributed by atoms with Gasteiger partial charge in [-0.15, -0.1) is 0 Å². The minimum absolute atomic E-state index is 0.0142. The van der Waals surface area contributed by atoms with Gasteiger partial charge in [-0.2, -0.15) is 13.2 Å². The van der Waals surface area contributed by atoms with Crippen molar-refractivity contribution in [3.8, 4) is 5.75 Å². The van der Waals surface area contributed by atoms with E-state index in [2.05, 4.69) is 5.32 Å². The van der Waals surface area contributed by atoms with Crippen molar-refractivity contribution < 1.29 is 40.7 Å². The summed E-state index contributed by atoms with van der Waals surface area (Å²) in [5, 5.41) is 2.46. The highest BCUT2D eigenvalue weighted by molar-refractivity contribution is 7.92. The van der Waals surface area contributed by atoms with E-state index in [4.69, 9.17) is 21.1 Å². The van der Waals surface area contributed by atoms with E-state index in [1.807, 2.05) is 0 Å². The van der Waals surface area contributed by atoms with Gasteiger partial charge in [0, 0.05) is 10.6 Å². The zero-order valence-electron chi connectivity index (χ0n) is 22.0. The number of alkyl halides is 3. The van der Waals surface area contributed by atoms with Crippen LogP contribution in [-0.4, -0.2) is 40.1 Å². The van der Waals surface area contributed by atoms with E-state index in [9.17, 15) is 31.2 Å². The van der Waals surface area contributed by atoms with Crippen molar-refractivity contribution in [2.75, 3.05) is 24.1 Å². The molecule has 1 aliphatic heterocycles. The number of sulfonamides is 1. The number of carbonyl (C=O) groups excluding carboxylic acids is 2. The number of aryl methyl sites for hydroxylation is 1. The van der Waals surface area contributed by atoms with E-state index < -0.39 is 46.1 Å². The fourth-order valence-corrected chi connectivity index (χ4v) is 6.15. The summed E-state index contributed by atoms with van der Waals surface area (Å²) in [6.07, 6.45) is -5.19. The second-order valence-electron chi connectivity index (χ2n) is 9.19. The maximum atomic E-state index is 13.5. The smallest absolute Gasteiger partial charge is 0.416 e. The Bertz CT molecular complexity index is 1580. The van der Waals surface area contributed by atoms with E-state index in [1.165, 1.54) is 30.3 Å². The Labute approximate surface area is 240 Å². The molecule has 218 valence electrons. The lowest BCUT2D eigenvalue weighted by Crippen LogP contribution is -2.38. The molecule has 0 aromatic heterocycles. The summed E-state index contributed by atoms with van der Waals surface area (Å²) < 4.78 is 79.0. The first-order valence-electron chi connectivity index (χ1n) is 12.5. The van der Waals surface area contributed by atoms with E-state index in [0.717, 1.165) is 28.1 Å². The molecule has 8 nitrogen and oxygen atoms in total. The number of nitrogens with zero attached hydrogens (tertiary/aromatic N) is 1. The average molecular weight is 611 g/mol. The molecular formula is C28H26ClF3N2O6S. The van der Waals surface area contributed by atoms with Gasteiger partial charge >= 0.3 is 12.1 Å². The topological polar surface area (TPSA) is 102 Å². The maximum Gasteiger partial charge on any atom is 0.416 e. The molecule has 4 rings (SSSR count). The summed E-state index contributed by atoms with van der Waals surface area (Å²) >= 11 is 6.20. The van der Waals surface area contributed by atoms with Crippen molar-refractivity contribution in [2.45, 2.75) is 37.4 Å². The van der Waals surface area contributed by atoms with Crippen molar-refractivity contribution in [1.82, 2.24) is 5.32 Å². The Morgan fingerprint density at radius 3 is 2.56 bits per heavy atom. The quantitative estimate of drug-likeness (QED) is 0.329. The Hall–Kier alpha value is -3.77. The Kier molecular flexibility index (Phi) is 8.83. The van der Waals surface area contributed by atoms with Gasteiger partial charge in [0.1, 0.15) is 12.4 Å². The summed E-state index contributed by atoms with van der Waals surface area (Å²) in [6.45, 7) is 3.41. The highest BCUT2D eigenvalue weighted by Gasteiger charge is 2.34. The molecule has 0 radical (unpaired) electrons. The van der Waals surface area contributed by atoms with Crippen LogP contribution in [0.1, 0.15) is 46.4 Å². The van der Waals surface area contributed by atoms with Crippen LogP contribution in [0.4, 0.5) is 18.9 Å². The van der Waals surface area contributed by atoms with E-state index in [1.54, 1.807) is 26.0 Å². The molecule has 41 heavy (non-hydrogen) atoms. The van der Waals surface area contributed by atoms with Crippen LogP contribution in [-0.2, 0) is 25.7 Å². The predicted molar refractivity (Wildman–Crippen MR) is 146 cm³/mol. The Balaban J connectivity index is 1.69. The van der Waals surface area contributed by atoms with E-state index in [0.29, 0.717) is 0 Å². The van der Waals surface area contributed by atoms with Gasteiger partial charge < -0.3 is 14.8 Å². The molecule has 1 heterocycles. The molecule has 13 heteroatoms. The normalized spacial score (nSPS) is 14.0. The fraction of sp³-hybridized carbons (Fsp3) is 0.286. The maximum absolute atomic E-state index is 13.5. The third kappa shape index (κ3) is 6.76. The number of halogens is 4. The molecule has 1 amide bonds. The van der Waals surface area contributed by atoms with E-state index in [-0.39, 0.29) is 52.2 Å². The van der Waals surface area contributed by atoms with Gasteiger partial charge in [0.05, 0.1) is 41.8 Å². The summed E-state index contributed by atoms with van der Waals surface area (Å²) in [4.78, 5) is 25.8. The lowest BCUT2D eigenvalue weighted by Gasteiger charge is -2.31. The van der Waals surface area contributed by atoms with Crippen LogP contribution in [0.2, 0.25) is 5.02 Å². The first-order valence-corrected chi connectivity index (χ1v) is 14.3.